The second-order valence-corrected chi connectivity index (χ2v) is 7.58. The molecule has 2 aliphatic rings. The van der Waals surface area contributed by atoms with E-state index in [-0.39, 0.29) is 0 Å². The third kappa shape index (κ3) is 7.50. The maximum absolute atomic E-state index is 5.22. The molecule has 0 amide bonds. The van der Waals surface area contributed by atoms with Crippen LogP contribution in [0.2, 0.25) is 0 Å². The summed E-state index contributed by atoms with van der Waals surface area (Å²) in [5.41, 5.74) is 0. The second kappa shape index (κ2) is 11.7. The number of hydrogen-bond donors (Lipinski definition) is 2. The Morgan fingerprint density at radius 1 is 1.12 bits per heavy atom. The van der Waals surface area contributed by atoms with E-state index in [1.54, 1.807) is 7.11 Å². The van der Waals surface area contributed by atoms with Crippen LogP contribution in [-0.4, -0.2) is 88.4 Å². The molecule has 2 fully saturated rings. The van der Waals surface area contributed by atoms with Crippen molar-refractivity contribution in [2.75, 3.05) is 66.6 Å². The normalized spacial score (nSPS) is 24.0. The number of nitrogens with one attached hydrogen (secondary N) is 2. The molecule has 2 heterocycles. The number of ether oxygens (including phenoxy) is 1. The molecule has 0 aromatic rings. The number of aliphatic imine (C=N–C) groups is 1. The van der Waals surface area contributed by atoms with Gasteiger partial charge in [-0.05, 0) is 64.2 Å². The van der Waals surface area contributed by atoms with Crippen molar-refractivity contribution >= 4 is 5.96 Å². The summed E-state index contributed by atoms with van der Waals surface area (Å²) < 4.78 is 5.22. The monoisotopic (exact) mass is 353 g/mol. The quantitative estimate of drug-likeness (QED) is 0.373. The molecular weight excluding hydrogens is 314 g/mol. The van der Waals surface area contributed by atoms with Crippen LogP contribution in [-0.2, 0) is 4.74 Å². The Hall–Kier alpha value is -0.850. The highest BCUT2D eigenvalue weighted by molar-refractivity contribution is 5.79. The van der Waals surface area contributed by atoms with Crippen molar-refractivity contribution in [2.24, 2.45) is 10.9 Å². The smallest absolute Gasteiger partial charge is 0.191 e. The molecule has 25 heavy (non-hydrogen) atoms. The van der Waals surface area contributed by atoms with Gasteiger partial charge in [0.2, 0.25) is 0 Å². The standard InChI is InChI=1S/C19H39N5O/c1-17-7-12-23(13-8-17)10-5-9-21-19(20-2)22-16-18-6-4-11-24(18)14-15-25-3/h17-18H,4-16H2,1-3H3,(H2,20,21,22). The molecule has 2 aliphatic heterocycles. The van der Waals surface area contributed by atoms with Crippen LogP contribution in [0.15, 0.2) is 4.99 Å². The third-order valence-corrected chi connectivity index (χ3v) is 5.63. The fraction of sp³-hybridized carbons (Fsp3) is 0.947. The van der Waals surface area contributed by atoms with Gasteiger partial charge in [0, 0.05) is 39.8 Å². The maximum Gasteiger partial charge on any atom is 0.191 e. The van der Waals surface area contributed by atoms with Gasteiger partial charge in [-0.15, -0.1) is 0 Å². The molecule has 0 bridgehead atoms. The molecule has 0 spiro atoms. The average molecular weight is 354 g/mol. The Morgan fingerprint density at radius 3 is 2.64 bits per heavy atom. The van der Waals surface area contributed by atoms with Gasteiger partial charge in [-0.2, -0.15) is 0 Å². The number of piperidine rings is 1. The Bertz CT molecular complexity index is 382. The molecular formula is C19H39N5O. The molecule has 2 N–H and O–H groups in total. The van der Waals surface area contributed by atoms with Crippen molar-refractivity contribution in [1.29, 1.82) is 0 Å². The zero-order valence-corrected chi connectivity index (χ0v) is 16.6. The lowest BCUT2D eigenvalue weighted by Gasteiger charge is -2.30. The van der Waals surface area contributed by atoms with E-state index in [1.165, 1.54) is 58.3 Å². The first-order valence-electron chi connectivity index (χ1n) is 10.1. The second-order valence-electron chi connectivity index (χ2n) is 7.58. The molecule has 0 radical (unpaired) electrons. The minimum absolute atomic E-state index is 0.601. The molecule has 6 nitrogen and oxygen atoms in total. The molecule has 1 unspecified atom stereocenters. The van der Waals surface area contributed by atoms with Crippen LogP contribution >= 0.6 is 0 Å². The molecule has 2 rings (SSSR count). The van der Waals surface area contributed by atoms with E-state index >= 15 is 0 Å². The van der Waals surface area contributed by atoms with Crippen LogP contribution in [0.25, 0.3) is 0 Å². The van der Waals surface area contributed by atoms with Gasteiger partial charge in [0.05, 0.1) is 6.61 Å². The Labute approximate surface area is 154 Å². The van der Waals surface area contributed by atoms with Crippen LogP contribution in [0.3, 0.4) is 0 Å². The molecule has 1 atom stereocenters. The van der Waals surface area contributed by atoms with Gasteiger partial charge in [-0.1, -0.05) is 6.92 Å². The first-order chi connectivity index (χ1) is 12.2. The van der Waals surface area contributed by atoms with Gasteiger partial charge in [0.25, 0.3) is 0 Å². The maximum atomic E-state index is 5.22. The van der Waals surface area contributed by atoms with E-state index in [4.69, 9.17) is 4.74 Å². The third-order valence-electron chi connectivity index (χ3n) is 5.63. The van der Waals surface area contributed by atoms with Crippen LogP contribution in [0.4, 0.5) is 0 Å². The van der Waals surface area contributed by atoms with E-state index in [2.05, 4.69) is 32.3 Å². The fourth-order valence-electron chi connectivity index (χ4n) is 3.86. The summed E-state index contributed by atoms with van der Waals surface area (Å²) in [5, 5.41) is 6.97. The van der Waals surface area contributed by atoms with E-state index in [1.807, 2.05) is 7.05 Å². The summed E-state index contributed by atoms with van der Waals surface area (Å²) in [6.45, 7) is 11.1. The molecule has 0 aliphatic carbocycles. The number of methoxy groups -OCH3 is 1. The van der Waals surface area contributed by atoms with Crippen LogP contribution in [0.1, 0.15) is 39.0 Å². The molecule has 0 aromatic carbocycles. The lowest BCUT2D eigenvalue weighted by Crippen LogP contribution is -2.46. The van der Waals surface area contributed by atoms with Gasteiger partial charge in [-0.3, -0.25) is 9.89 Å². The van der Waals surface area contributed by atoms with Crippen molar-refractivity contribution in [1.82, 2.24) is 20.4 Å². The predicted octanol–water partition coefficient (Wildman–Crippen LogP) is 1.38. The van der Waals surface area contributed by atoms with E-state index in [0.29, 0.717) is 6.04 Å². The Kier molecular flexibility index (Phi) is 9.58. The summed E-state index contributed by atoms with van der Waals surface area (Å²) in [6.07, 6.45) is 6.45. The number of hydrogen-bond acceptors (Lipinski definition) is 4. The fourth-order valence-corrected chi connectivity index (χ4v) is 3.86. The summed E-state index contributed by atoms with van der Waals surface area (Å²) >= 11 is 0. The highest BCUT2D eigenvalue weighted by atomic mass is 16.5. The van der Waals surface area contributed by atoms with Crippen molar-refractivity contribution in [3.63, 3.8) is 0 Å². The largest absolute Gasteiger partial charge is 0.383 e. The highest BCUT2D eigenvalue weighted by Gasteiger charge is 2.23. The minimum Gasteiger partial charge on any atom is -0.383 e. The zero-order valence-electron chi connectivity index (χ0n) is 16.6. The molecule has 146 valence electrons. The Balaban J connectivity index is 1.57. The molecule has 6 heteroatoms. The summed E-state index contributed by atoms with van der Waals surface area (Å²) in [7, 11) is 3.64. The van der Waals surface area contributed by atoms with E-state index in [0.717, 1.165) is 38.1 Å². The van der Waals surface area contributed by atoms with E-state index in [9.17, 15) is 0 Å². The lowest BCUT2D eigenvalue weighted by atomic mass is 9.99. The SMILES string of the molecule is CN=C(NCCCN1CCC(C)CC1)NCC1CCCN1CCOC. The summed E-state index contributed by atoms with van der Waals surface area (Å²) in [6, 6.07) is 0.601. The number of likely N-dealkylation sites (tertiary alicyclic amines) is 2. The number of rotatable bonds is 9. The van der Waals surface area contributed by atoms with Gasteiger partial charge < -0.3 is 20.3 Å². The minimum atomic E-state index is 0.601. The van der Waals surface area contributed by atoms with E-state index < -0.39 is 0 Å². The van der Waals surface area contributed by atoms with Gasteiger partial charge in [0.15, 0.2) is 5.96 Å². The summed E-state index contributed by atoms with van der Waals surface area (Å²) in [5.74, 6) is 1.85. The highest BCUT2D eigenvalue weighted by Crippen LogP contribution is 2.16. The van der Waals surface area contributed by atoms with Gasteiger partial charge >= 0.3 is 0 Å². The van der Waals surface area contributed by atoms with Crippen LogP contribution in [0.5, 0.6) is 0 Å². The molecule has 0 aromatic heterocycles. The Morgan fingerprint density at radius 2 is 1.92 bits per heavy atom. The molecule has 0 saturated carbocycles. The first-order valence-corrected chi connectivity index (χ1v) is 10.1. The average Bonchev–Trinajstić information content (AvgIpc) is 3.08. The zero-order chi connectivity index (χ0) is 17.9. The first kappa shape index (κ1) is 20.5. The summed E-state index contributed by atoms with van der Waals surface area (Å²) in [4.78, 5) is 9.50. The van der Waals surface area contributed by atoms with Crippen molar-refractivity contribution in [3.05, 3.63) is 0 Å². The number of nitrogens with zero attached hydrogens (tertiary/aromatic N) is 3. The van der Waals surface area contributed by atoms with Crippen molar-refractivity contribution in [2.45, 2.75) is 45.1 Å². The van der Waals surface area contributed by atoms with Crippen LogP contribution < -0.4 is 10.6 Å². The van der Waals surface area contributed by atoms with Gasteiger partial charge in [0.1, 0.15) is 0 Å². The van der Waals surface area contributed by atoms with Crippen LogP contribution in [0, 0.1) is 5.92 Å². The predicted molar refractivity (Wildman–Crippen MR) is 105 cm³/mol. The van der Waals surface area contributed by atoms with Crippen molar-refractivity contribution in [3.8, 4) is 0 Å². The molecule has 2 saturated heterocycles. The number of guanidine groups is 1. The lowest BCUT2D eigenvalue weighted by molar-refractivity contribution is 0.141. The topological polar surface area (TPSA) is 52.1 Å². The van der Waals surface area contributed by atoms with Crippen molar-refractivity contribution < 1.29 is 4.74 Å². The van der Waals surface area contributed by atoms with Gasteiger partial charge in [-0.25, -0.2) is 0 Å².